The standard InChI is InChI=1S/C21H21F5N2O2/c1-3-5-10-28(4-2)20(30)21(25,26)15-11-13(6-8-16(15)22)19(29)27-14-7-9-17(23)18(24)12-14/h6-9,11-12H,3-5,10H2,1-2H3,(H,27,29). The maximum absolute atomic E-state index is 14.8. The number of rotatable bonds is 8. The van der Waals surface area contributed by atoms with E-state index >= 15 is 0 Å². The molecule has 2 aromatic carbocycles. The van der Waals surface area contributed by atoms with Gasteiger partial charge >= 0.3 is 5.92 Å². The maximum atomic E-state index is 14.8. The van der Waals surface area contributed by atoms with E-state index in [9.17, 15) is 31.5 Å². The van der Waals surface area contributed by atoms with E-state index in [2.05, 4.69) is 5.32 Å². The van der Waals surface area contributed by atoms with E-state index in [0.717, 1.165) is 23.1 Å². The van der Waals surface area contributed by atoms with Gasteiger partial charge in [0.2, 0.25) is 0 Å². The van der Waals surface area contributed by atoms with Gasteiger partial charge in [0.05, 0.1) is 5.56 Å². The highest BCUT2D eigenvalue weighted by Crippen LogP contribution is 2.33. The smallest absolute Gasteiger partial charge is 0.337 e. The zero-order valence-electron chi connectivity index (χ0n) is 16.4. The molecule has 162 valence electrons. The number of carbonyl (C=O) groups excluding carboxylic acids is 2. The van der Waals surface area contributed by atoms with Crippen LogP contribution in [0.15, 0.2) is 36.4 Å². The van der Waals surface area contributed by atoms with Crippen molar-refractivity contribution in [3.05, 3.63) is 65.0 Å². The average molecular weight is 428 g/mol. The van der Waals surface area contributed by atoms with Crippen LogP contribution in [-0.4, -0.2) is 29.8 Å². The van der Waals surface area contributed by atoms with Crippen molar-refractivity contribution in [2.24, 2.45) is 0 Å². The molecule has 4 nitrogen and oxygen atoms in total. The van der Waals surface area contributed by atoms with Crippen LogP contribution in [0.25, 0.3) is 0 Å². The Morgan fingerprint density at radius 2 is 1.63 bits per heavy atom. The van der Waals surface area contributed by atoms with Crippen molar-refractivity contribution in [3.8, 4) is 0 Å². The van der Waals surface area contributed by atoms with Crippen LogP contribution in [0.4, 0.5) is 27.6 Å². The maximum Gasteiger partial charge on any atom is 0.352 e. The largest absolute Gasteiger partial charge is 0.352 e. The number of unbranched alkanes of at least 4 members (excludes halogenated alkanes) is 1. The highest BCUT2D eigenvalue weighted by Gasteiger charge is 2.45. The number of carbonyl (C=O) groups is 2. The molecule has 0 unspecified atom stereocenters. The molecule has 0 bridgehead atoms. The zero-order valence-corrected chi connectivity index (χ0v) is 16.4. The number of hydrogen-bond acceptors (Lipinski definition) is 2. The summed E-state index contributed by atoms with van der Waals surface area (Å²) in [6.07, 6.45) is 1.19. The van der Waals surface area contributed by atoms with Gasteiger partial charge in [0.1, 0.15) is 5.82 Å². The van der Waals surface area contributed by atoms with Crippen molar-refractivity contribution in [1.82, 2.24) is 4.90 Å². The minimum absolute atomic E-state index is 0.0202. The molecular formula is C21H21F5N2O2. The molecule has 0 aliphatic rings. The molecule has 0 spiro atoms. The monoisotopic (exact) mass is 428 g/mol. The lowest BCUT2D eigenvalue weighted by molar-refractivity contribution is -0.159. The SMILES string of the molecule is CCCCN(CC)C(=O)C(F)(F)c1cc(C(=O)Nc2ccc(F)c(F)c2)ccc1F. The third-order valence-electron chi connectivity index (χ3n) is 4.46. The number of nitrogens with zero attached hydrogens (tertiary/aromatic N) is 1. The number of amides is 2. The molecule has 0 aliphatic carbocycles. The lowest BCUT2D eigenvalue weighted by Crippen LogP contribution is -2.42. The Bertz CT molecular complexity index is 934. The van der Waals surface area contributed by atoms with Gasteiger partial charge in [-0.15, -0.1) is 0 Å². The molecule has 0 saturated heterocycles. The van der Waals surface area contributed by atoms with E-state index in [1.54, 1.807) is 0 Å². The molecule has 9 heteroatoms. The average Bonchev–Trinajstić information content (AvgIpc) is 2.71. The number of alkyl halides is 2. The fourth-order valence-corrected chi connectivity index (χ4v) is 2.75. The highest BCUT2D eigenvalue weighted by atomic mass is 19.3. The zero-order chi connectivity index (χ0) is 22.5. The summed E-state index contributed by atoms with van der Waals surface area (Å²) in [6, 6.07) is 4.75. The van der Waals surface area contributed by atoms with E-state index in [4.69, 9.17) is 0 Å². The van der Waals surface area contributed by atoms with E-state index in [1.807, 2.05) is 6.92 Å². The van der Waals surface area contributed by atoms with Crippen LogP contribution in [-0.2, 0) is 10.7 Å². The number of likely N-dealkylation sites (N-methyl/N-ethyl adjacent to an activating group) is 1. The third-order valence-corrected chi connectivity index (χ3v) is 4.46. The number of hydrogen-bond donors (Lipinski definition) is 1. The summed E-state index contributed by atoms with van der Waals surface area (Å²) in [4.78, 5) is 25.6. The van der Waals surface area contributed by atoms with Crippen molar-refractivity contribution in [3.63, 3.8) is 0 Å². The van der Waals surface area contributed by atoms with Crippen LogP contribution in [0.3, 0.4) is 0 Å². The summed E-state index contributed by atoms with van der Waals surface area (Å²) in [5.41, 5.74) is -1.73. The molecule has 0 saturated carbocycles. The number of benzene rings is 2. The van der Waals surface area contributed by atoms with E-state index in [-0.39, 0.29) is 24.3 Å². The van der Waals surface area contributed by atoms with Crippen LogP contribution < -0.4 is 5.32 Å². The first-order valence-corrected chi connectivity index (χ1v) is 9.35. The van der Waals surface area contributed by atoms with Gasteiger partial charge in [-0.2, -0.15) is 8.78 Å². The molecule has 0 fully saturated rings. The molecule has 0 radical (unpaired) electrons. The first-order valence-electron chi connectivity index (χ1n) is 9.35. The molecule has 30 heavy (non-hydrogen) atoms. The molecule has 0 aliphatic heterocycles. The first kappa shape index (κ1) is 23.3. The lowest BCUT2D eigenvalue weighted by atomic mass is 10.0. The molecule has 0 atom stereocenters. The summed E-state index contributed by atoms with van der Waals surface area (Å²) in [7, 11) is 0. The summed E-state index contributed by atoms with van der Waals surface area (Å²) in [5.74, 6) is -10.4. The summed E-state index contributed by atoms with van der Waals surface area (Å²) >= 11 is 0. The molecule has 2 rings (SSSR count). The predicted octanol–water partition coefficient (Wildman–Crippen LogP) is 5.10. The van der Waals surface area contributed by atoms with E-state index in [0.29, 0.717) is 31.0 Å². The normalized spacial score (nSPS) is 11.3. The summed E-state index contributed by atoms with van der Waals surface area (Å²) in [6.45, 7) is 3.49. The Morgan fingerprint density at radius 1 is 0.967 bits per heavy atom. The highest BCUT2D eigenvalue weighted by molar-refractivity contribution is 6.04. The van der Waals surface area contributed by atoms with Gasteiger partial charge in [0.15, 0.2) is 11.6 Å². The van der Waals surface area contributed by atoms with Crippen molar-refractivity contribution < 1.29 is 31.5 Å². The second-order valence-electron chi connectivity index (χ2n) is 6.59. The van der Waals surface area contributed by atoms with Crippen LogP contribution in [0.1, 0.15) is 42.6 Å². The minimum Gasteiger partial charge on any atom is -0.337 e. The van der Waals surface area contributed by atoms with Crippen LogP contribution in [0, 0.1) is 17.5 Å². The Labute approximate surface area is 170 Å². The fourth-order valence-electron chi connectivity index (χ4n) is 2.75. The second-order valence-corrected chi connectivity index (χ2v) is 6.59. The van der Waals surface area contributed by atoms with Gasteiger partial charge in [-0.25, -0.2) is 13.2 Å². The number of nitrogens with one attached hydrogen (secondary N) is 1. The third kappa shape index (κ3) is 5.14. The van der Waals surface area contributed by atoms with E-state index < -0.39 is 40.8 Å². The van der Waals surface area contributed by atoms with Crippen molar-refractivity contribution in [1.29, 1.82) is 0 Å². The predicted molar refractivity (Wildman–Crippen MR) is 102 cm³/mol. The number of halogens is 5. The molecule has 2 aromatic rings. The Morgan fingerprint density at radius 3 is 2.23 bits per heavy atom. The van der Waals surface area contributed by atoms with Gasteiger partial charge in [0.25, 0.3) is 11.8 Å². The number of anilines is 1. The van der Waals surface area contributed by atoms with Crippen molar-refractivity contribution >= 4 is 17.5 Å². The molecular weight excluding hydrogens is 407 g/mol. The summed E-state index contributed by atoms with van der Waals surface area (Å²) in [5, 5.41) is 2.21. The van der Waals surface area contributed by atoms with Gasteiger partial charge in [-0.05, 0) is 43.7 Å². The second kappa shape index (κ2) is 9.69. The molecule has 0 aromatic heterocycles. The van der Waals surface area contributed by atoms with Crippen LogP contribution >= 0.6 is 0 Å². The van der Waals surface area contributed by atoms with Crippen LogP contribution in [0.5, 0.6) is 0 Å². The van der Waals surface area contributed by atoms with Crippen molar-refractivity contribution in [2.75, 3.05) is 18.4 Å². The lowest BCUT2D eigenvalue weighted by Gasteiger charge is -2.26. The van der Waals surface area contributed by atoms with Gasteiger partial charge in [-0.1, -0.05) is 13.3 Å². The Hall–Kier alpha value is -2.97. The topological polar surface area (TPSA) is 49.4 Å². The molecule has 2 amide bonds. The quantitative estimate of drug-likeness (QED) is 0.595. The summed E-state index contributed by atoms with van der Waals surface area (Å²) < 4.78 is 70.0. The Kier molecular flexibility index (Phi) is 7.53. The van der Waals surface area contributed by atoms with Crippen LogP contribution in [0.2, 0.25) is 0 Å². The fraction of sp³-hybridized carbons (Fsp3) is 0.333. The minimum atomic E-state index is -4.19. The van der Waals surface area contributed by atoms with Gasteiger partial charge in [0, 0.05) is 30.4 Å². The van der Waals surface area contributed by atoms with Crippen molar-refractivity contribution in [2.45, 2.75) is 32.6 Å². The van der Waals surface area contributed by atoms with E-state index in [1.165, 1.54) is 6.92 Å². The van der Waals surface area contributed by atoms with Gasteiger partial charge in [-0.3, -0.25) is 9.59 Å². The molecule has 0 heterocycles. The molecule has 1 N–H and O–H groups in total. The Balaban J connectivity index is 2.31. The first-order chi connectivity index (χ1) is 14.1. The van der Waals surface area contributed by atoms with Gasteiger partial charge < -0.3 is 10.2 Å².